The summed E-state index contributed by atoms with van der Waals surface area (Å²) in [4.78, 5) is 9.38. The van der Waals surface area contributed by atoms with E-state index in [1.807, 2.05) is 44.3 Å². The highest BCUT2D eigenvalue weighted by Gasteiger charge is 2.21. The van der Waals surface area contributed by atoms with Gasteiger partial charge in [0.15, 0.2) is 0 Å². The number of hydrogen-bond donors (Lipinski definition) is 1. The number of nitrogens with one attached hydrogen (secondary N) is 1. The molecule has 2 aliphatic rings. The molecular weight excluding hydrogens is 390 g/mol. The smallest absolute Gasteiger partial charge is 0.226 e. The highest BCUT2D eigenvalue weighted by molar-refractivity contribution is 5.69. The maximum atomic E-state index is 6.17. The first kappa shape index (κ1) is 21.9. The Balaban J connectivity index is 1.52. The Bertz CT molecular complexity index is 826. The van der Waals surface area contributed by atoms with Gasteiger partial charge in [0.05, 0.1) is 17.8 Å². The molecule has 1 atom stereocenters. The number of benzene rings is 1. The largest absolute Gasteiger partial charge is 0.491 e. The van der Waals surface area contributed by atoms with Crippen molar-refractivity contribution in [3.8, 4) is 22.8 Å². The Morgan fingerprint density at radius 3 is 2.55 bits per heavy atom. The van der Waals surface area contributed by atoms with Crippen molar-refractivity contribution >= 4 is 5.95 Å². The normalized spacial score (nSPS) is 23.7. The zero-order valence-electron chi connectivity index (χ0n) is 19.0. The first-order chi connectivity index (χ1) is 15.1. The highest BCUT2D eigenvalue weighted by Crippen LogP contribution is 2.32. The third kappa shape index (κ3) is 6.10. The fourth-order valence-electron chi connectivity index (χ4n) is 4.26. The molecule has 2 fully saturated rings. The maximum absolute atomic E-state index is 6.17. The minimum absolute atomic E-state index is 0.140. The zero-order valence-corrected chi connectivity index (χ0v) is 19.0. The third-order valence-electron chi connectivity index (χ3n) is 6.07. The van der Waals surface area contributed by atoms with Gasteiger partial charge in [0.1, 0.15) is 12.4 Å². The van der Waals surface area contributed by atoms with Crippen LogP contribution in [0.25, 0.3) is 11.1 Å². The average molecular weight is 426 g/mol. The molecule has 1 saturated carbocycles. The van der Waals surface area contributed by atoms with E-state index in [1.54, 1.807) is 0 Å². The molecule has 1 aliphatic carbocycles. The lowest BCUT2D eigenvalue weighted by atomic mass is 9.87. The lowest BCUT2D eigenvalue weighted by molar-refractivity contribution is 0.0665. The molecular formula is C25H35N3O3. The Morgan fingerprint density at radius 2 is 1.87 bits per heavy atom. The van der Waals surface area contributed by atoms with Gasteiger partial charge in [-0.15, -0.1) is 0 Å². The van der Waals surface area contributed by atoms with Crippen LogP contribution in [0.1, 0.15) is 59.3 Å². The molecule has 6 heteroatoms. The van der Waals surface area contributed by atoms with Crippen molar-refractivity contribution in [3.05, 3.63) is 30.5 Å². The quantitative estimate of drug-likeness (QED) is 0.604. The second kappa shape index (κ2) is 10.3. The van der Waals surface area contributed by atoms with E-state index in [4.69, 9.17) is 19.2 Å². The average Bonchev–Trinajstić information content (AvgIpc) is 3.28. The second-order valence-electron chi connectivity index (χ2n) is 9.15. The molecule has 1 aromatic carbocycles. The van der Waals surface area contributed by atoms with E-state index in [1.165, 1.54) is 12.8 Å². The maximum Gasteiger partial charge on any atom is 0.226 e. The van der Waals surface area contributed by atoms with Crippen molar-refractivity contribution in [1.29, 1.82) is 0 Å². The Hall–Kier alpha value is -2.34. The van der Waals surface area contributed by atoms with Gasteiger partial charge in [-0.2, -0.15) is 4.98 Å². The monoisotopic (exact) mass is 425 g/mol. The molecule has 0 bridgehead atoms. The lowest BCUT2D eigenvalue weighted by Gasteiger charge is -2.27. The molecule has 1 N–H and O–H groups in total. The van der Waals surface area contributed by atoms with Gasteiger partial charge in [-0.05, 0) is 76.0 Å². The zero-order chi connectivity index (χ0) is 21.6. The molecule has 0 amide bonds. The van der Waals surface area contributed by atoms with E-state index in [0.717, 1.165) is 55.1 Å². The standard InChI is InChI=1S/C25H35N3O3/c1-17(2)31-21-12-8-19(9-13-21)23-15-26-25(27-20-10-6-18(3)7-11-20)28-24(23)30-16-22-5-4-14-29-22/h8-9,12-13,15,17-18,20,22H,4-7,10-11,14,16H2,1-3H3,(H,26,27,28)/t18-,20-,22-/m1/s1. The van der Waals surface area contributed by atoms with Crippen LogP contribution in [0.5, 0.6) is 11.6 Å². The van der Waals surface area contributed by atoms with Gasteiger partial charge >= 0.3 is 0 Å². The van der Waals surface area contributed by atoms with Crippen molar-refractivity contribution in [2.75, 3.05) is 18.5 Å². The second-order valence-corrected chi connectivity index (χ2v) is 9.15. The molecule has 1 aromatic heterocycles. The van der Waals surface area contributed by atoms with Gasteiger partial charge in [0, 0.05) is 18.8 Å². The topological polar surface area (TPSA) is 65.5 Å². The van der Waals surface area contributed by atoms with Gasteiger partial charge in [0.25, 0.3) is 0 Å². The summed E-state index contributed by atoms with van der Waals surface area (Å²) in [7, 11) is 0. The Kier molecular flexibility index (Phi) is 7.28. The van der Waals surface area contributed by atoms with E-state index >= 15 is 0 Å². The van der Waals surface area contributed by atoms with Crippen LogP contribution in [0.4, 0.5) is 5.95 Å². The predicted octanol–water partition coefficient (Wildman–Crippen LogP) is 5.48. The van der Waals surface area contributed by atoms with E-state index < -0.39 is 0 Å². The minimum atomic E-state index is 0.140. The number of rotatable bonds is 8. The van der Waals surface area contributed by atoms with E-state index in [0.29, 0.717) is 24.5 Å². The number of aromatic nitrogens is 2. The molecule has 168 valence electrons. The summed E-state index contributed by atoms with van der Waals surface area (Å²) in [5, 5.41) is 3.53. The van der Waals surface area contributed by atoms with E-state index in [9.17, 15) is 0 Å². The summed E-state index contributed by atoms with van der Waals surface area (Å²) in [5.41, 5.74) is 1.90. The Labute approximate surface area is 185 Å². The highest BCUT2D eigenvalue weighted by atomic mass is 16.5. The van der Waals surface area contributed by atoms with Crippen LogP contribution < -0.4 is 14.8 Å². The van der Waals surface area contributed by atoms with Gasteiger partial charge in [0.2, 0.25) is 11.8 Å². The van der Waals surface area contributed by atoms with Crippen LogP contribution in [0.2, 0.25) is 0 Å². The molecule has 4 rings (SSSR count). The van der Waals surface area contributed by atoms with Crippen molar-refractivity contribution in [3.63, 3.8) is 0 Å². The summed E-state index contributed by atoms with van der Waals surface area (Å²) in [6, 6.07) is 8.46. The Morgan fingerprint density at radius 1 is 1.10 bits per heavy atom. The predicted molar refractivity (Wildman–Crippen MR) is 123 cm³/mol. The van der Waals surface area contributed by atoms with E-state index in [-0.39, 0.29) is 12.2 Å². The lowest BCUT2D eigenvalue weighted by Crippen LogP contribution is -2.26. The van der Waals surface area contributed by atoms with Crippen LogP contribution >= 0.6 is 0 Å². The number of ether oxygens (including phenoxy) is 3. The summed E-state index contributed by atoms with van der Waals surface area (Å²) in [5.74, 6) is 2.92. The summed E-state index contributed by atoms with van der Waals surface area (Å²) >= 11 is 0. The molecule has 31 heavy (non-hydrogen) atoms. The van der Waals surface area contributed by atoms with Crippen molar-refractivity contribution in [1.82, 2.24) is 9.97 Å². The van der Waals surface area contributed by atoms with E-state index in [2.05, 4.69) is 17.2 Å². The van der Waals surface area contributed by atoms with Crippen LogP contribution in [0.3, 0.4) is 0 Å². The molecule has 1 saturated heterocycles. The summed E-state index contributed by atoms with van der Waals surface area (Å²) < 4.78 is 17.7. The third-order valence-corrected chi connectivity index (χ3v) is 6.07. The molecule has 2 heterocycles. The molecule has 6 nitrogen and oxygen atoms in total. The first-order valence-electron chi connectivity index (χ1n) is 11.7. The number of anilines is 1. The fourth-order valence-corrected chi connectivity index (χ4v) is 4.26. The van der Waals surface area contributed by atoms with Gasteiger partial charge < -0.3 is 19.5 Å². The van der Waals surface area contributed by atoms with Crippen LogP contribution in [-0.2, 0) is 4.74 Å². The van der Waals surface area contributed by atoms with Crippen molar-refractivity contribution in [2.45, 2.75) is 77.5 Å². The molecule has 0 radical (unpaired) electrons. The van der Waals surface area contributed by atoms with Gasteiger partial charge in [-0.25, -0.2) is 4.98 Å². The van der Waals surface area contributed by atoms with Gasteiger partial charge in [-0.3, -0.25) is 0 Å². The van der Waals surface area contributed by atoms with Crippen molar-refractivity contribution < 1.29 is 14.2 Å². The number of nitrogens with zero attached hydrogens (tertiary/aromatic N) is 2. The molecule has 0 unspecified atom stereocenters. The SMILES string of the molecule is CC(C)Oc1ccc(-c2cnc(N[C@H]3CC[C@H](C)CC3)nc2OC[C@H]2CCCO2)cc1. The van der Waals surface area contributed by atoms with Gasteiger partial charge in [-0.1, -0.05) is 19.1 Å². The van der Waals surface area contributed by atoms with Crippen LogP contribution in [0.15, 0.2) is 30.5 Å². The van der Waals surface area contributed by atoms with Crippen molar-refractivity contribution in [2.24, 2.45) is 5.92 Å². The van der Waals surface area contributed by atoms with Crippen LogP contribution in [0, 0.1) is 5.92 Å². The summed E-state index contributed by atoms with van der Waals surface area (Å²) in [6.07, 6.45) is 9.11. The summed E-state index contributed by atoms with van der Waals surface area (Å²) in [6.45, 7) is 7.71. The molecule has 0 spiro atoms. The minimum Gasteiger partial charge on any atom is -0.491 e. The molecule has 2 aromatic rings. The first-order valence-corrected chi connectivity index (χ1v) is 11.7. The fraction of sp³-hybridized carbons (Fsp3) is 0.600. The molecule has 1 aliphatic heterocycles. The number of hydrogen-bond acceptors (Lipinski definition) is 6. The van der Waals surface area contributed by atoms with Crippen LogP contribution in [-0.4, -0.2) is 41.4 Å².